The topological polar surface area (TPSA) is 68.0 Å². The Bertz CT molecular complexity index is 485. The molecule has 20 heavy (non-hydrogen) atoms. The van der Waals surface area contributed by atoms with Gasteiger partial charge in [0.15, 0.2) is 0 Å². The Morgan fingerprint density at radius 1 is 1.45 bits per heavy atom. The highest BCUT2D eigenvalue weighted by atomic mass is 16.1. The summed E-state index contributed by atoms with van der Waals surface area (Å²) in [6, 6.07) is 3.89. The van der Waals surface area contributed by atoms with Crippen LogP contribution in [0.1, 0.15) is 38.3 Å². The molecule has 4 nitrogen and oxygen atoms in total. The highest BCUT2D eigenvalue weighted by Gasteiger charge is 2.42. The number of carbonyl (C=O) groups is 1. The molecule has 108 valence electrons. The molecule has 0 spiro atoms. The molecule has 3 rings (SSSR count). The second-order valence-electron chi connectivity index (χ2n) is 6.45. The van der Waals surface area contributed by atoms with Crippen molar-refractivity contribution in [2.24, 2.45) is 17.8 Å². The van der Waals surface area contributed by atoms with Gasteiger partial charge in [-0.05, 0) is 56.1 Å². The van der Waals surface area contributed by atoms with E-state index in [-0.39, 0.29) is 11.9 Å². The first-order valence-electron chi connectivity index (χ1n) is 7.61. The zero-order valence-corrected chi connectivity index (χ0v) is 12.0. The minimum absolute atomic E-state index is 0.0672. The lowest BCUT2D eigenvalue weighted by Gasteiger charge is -2.28. The van der Waals surface area contributed by atoms with E-state index >= 15 is 0 Å². The predicted octanol–water partition coefficient (Wildman–Crippen LogP) is 2.15. The fourth-order valence-corrected chi connectivity index (χ4v) is 4.02. The maximum atomic E-state index is 12.1. The van der Waals surface area contributed by atoms with Gasteiger partial charge in [-0.1, -0.05) is 6.42 Å². The van der Waals surface area contributed by atoms with Crippen molar-refractivity contribution in [3.8, 4) is 0 Å². The van der Waals surface area contributed by atoms with Gasteiger partial charge >= 0.3 is 0 Å². The zero-order chi connectivity index (χ0) is 14.1. The number of anilines is 1. The molecule has 2 aliphatic rings. The molecule has 0 saturated heterocycles. The van der Waals surface area contributed by atoms with E-state index in [1.165, 1.54) is 25.7 Å². The van der Waals surface area contributed by atoms with Crippen molar-refractivity contribution >= 4 is 11.6 Å². The molecular formula is C16H23N3O. The lowest BCUT2D eigenvalue weighted by Crippen LogP contribution is -2.40. The molecule has 1 amide bonds. The first-order chi connectivity index (χ1) is 9.61. The summed E-state index contributed by atoms with van der Waals surface area (Å²) in [6.45, 7) is 2.15. The van der Waals surface area contributed by atoms with E-state index in [4.69, 9.17) is 5.73 Å². The summed E-state index contributed by atoms with van der Waals surface area (Å²) < 4.78 is 0. The summed E-state index contributed by atoms with van der Waals surface area (Å²) in [5, 5.41) is 3.16. The van der Waals surface area contributed by atoms with Crippen LogP contribution < -0.4 is 11.1 Å². The van der Waals surface area contributed by atoms with Crippen molar-refractivity contribution in [2.45, 2.75) is 45.1 Å². The standard InChI is InChI=1S/C16H23N3O/c1-10(15-7-11-2-3-12(15)6-11)19-16(20)8-14-5-4-13(17)9-18-14/h4-5,9-12,15H,2-3,6-8,17H2,1H3,(H,19,20). The number of rotatable bonds is 4. The van der Waals surface area contributed by atoms with Crippen molar-refractivity contribution in [2.75, 3.05) is 5.73 Å². The molecule has 1 aromatic heterocycles. The largest absolute Gasteiger partial charge is 0.397 e. The summed E-state index contributed by atoms with van der Waals surface area (Å²) in [5.41, 5.74) is 7.00. The van der Waals surface area contributed by atoms with Crippen LogP contribution in [-0.2, 0) is 11.2 Å². The van der Waals surface area contributed by atoms with Gasteiger partial charge in [0.25, 0.3) is 0 Å². The Labute approximate surface area is 120 Å². The number of amides is 1. The molecule has 3 N–H and O–H groups in total. The highest BCUT2D eigenvalue weighted by molar-refractivity contribution is 5.78. The number of pyridine rings is 1. The molecule has 2 saturated carbocycles. The van der Waals surface area contributed by atoms with Gasteiger partial charge in [0.2, 0.25) is 5.91 Å². The summed E-state index contributed by atoms with van der Waals surface area (Å²) in [6.07, 6.45) is 7.37. The normalized spacial score (nSPS) is 29.4. The molecule has 1 aromatic rings. The molecule has 2 fully saturated rings. The number of nitrogens with zero attached hydrogens (tertiary/aromatic N) is 1. The van der Waals surface area contributed by atoms with Crippen molar-refractivity contribution < 1.29 is 4.79 Å². The minimum Gasteiger partial charge on any atom is -0.397 e. The maximum absolute atomic E-state index is 12.1. The third-order valence-electron chi connectivity index (χ3n) is 5.01. The van der Waals surface area contributed by atoms with Gasteiger partial charge in [-0.3, -0.25) is 9.78 Å². The van der Waals surface area contributed by atoms with E-state index in [1.54, 1.807) is 12.3 Å². The molecule has 4 unspecified atom stereocenters. The van der Waals surface area contributed by atoms with Gasteiger partial charge in [-0.2, -0.15) is 0 Å². The number of nitrogen functional groups attached to an aromatic ring is 1. The second-order valence-corrected chi connectivity index (χ2v) is 6.45. The highest BCUT2D eigenvalue weighted by Crippen LogP contribution is 2.49. The minimum atomic E-state index is 0.0672. The van der Waals surface area contributed by atoms with Crippen LogP contribution in [0.25, 0.3) is 0 Å². The monoisotopic (exact) mass is 273 g/mol. The molecule has 0 aliphatic heterocycles. The first-order valence-corrected chi connectivity index (χ1v) is 7.61. The Morgan fingerprint density at radius 3 is 2.90 bits per heavy atom. The zero-order valence-electron chi connectivity index (χ0n) is 12.0. The number of hydrogen-bond donors (Lipinski definition) is 2. The number of hydrogen-bond acceptors (Lipinski definition) is 3. The number of aromatic nitrogens is 1. The Morgan fingerprint density at radius 2 is 2.30 bits per heavy atom. The van der Waals surface area contributed by atoms with Gasteiger partial charge in [-0.15, -0.1) is 0 Å². The molecular weight excluding hydrogens is 250 g/mol. The van der Waals surface area contributed by atoms with Crippen molar-refractivity contribution in [3.05, 3.63) is 24.0 Å². The van der Waals surface area contributed by atoms with Crippen molar-refractivity contribution in [3.63, 3.8) is 0 Å². The van der Waals surface area contributed by atoms with Gasteiger partial charge in [0, 0.05) is 11.7 Å². The smallest absolute Gasteiger partial charge is 0.226 e. The molecule has 4 atom stereocenters. The molecule has 0 radical (unpaired) electrons. The number of nitrogens with one attached hydrogen (secondary N) is 1. The Kier molecular flexibility index (Phi) is 3.64. The maximum Gasteiger partial charge on any atom is 0.226 e. The average molecular weight is 273 g/mol. The Balaban J connectivity index is 1.52. The number of carbonyl (C=O) groups excluding carboxylic acids is 1. The van der Waals surface area contributed by atoms with E-state index in [2.05, 4.69) is 17.2 Å². The van der Waals surface area contributed by atoms with E-state index in [1.807, 2.05) is 6.07 Å². The van der Waals surface area contributed by atoms with Gasteiger partial charge in [-0.25, -0.2) is 0 Å². The van der Waals surface area contributed by atoms with Crippen molar-refractivity contribution in [1.29, 1.82) is 0 Å². The summed E-state index contributed by atoms with van der Waals surface area (Å²) in [7, 11) is 0. The van der Waals surface area contributed by atoms with E-state index in [0.29, 0.717) is 18.0 Å². The third-order valence-corrected chi connectivity index (χ3v) is 5.01. The quantitative estimate of drug-likeness (QED) is 0.883. The van der Waals surface area contributed by atoms with Gasteiger partial charge < -0.3 is 11.1 Å². The van der Waals surface area contributed by atoms with Crippen LogP contribution in [0.2, 0.25) is 0 Å². The number of fused-ring (bicyclic) bond motifs is 2. The van der Waals surface area contributed by atoms with Crippen LogP contribution >= 0.6 is 0 Å². The average Bonchev–Trinajstić information content (AvgIpc) is 3.03. The van der Waals surface area contributed by atoms with Crippen LogP contribution in [0.5, 0.6) is 0 Å². The molecule has 1 heterocycles. The first kappa shape index (κ1) is 13.4. The SMILES string of the molecule is CC(NC(=O)Cc1ccc(N)cn1)C1CC2CCC1C2. The van der Waals surface area contributed by atoms with Gasteiger partial charge in [0.1, 0.15) is 0 Å². The third kappa shape index (κ3) is 2.79. The van der Waals surface area contributed by atoms with E-state index in [9.17, 15) is 4.79 Å². The summed E-state index contributed by atoms with van der Waals surface area (Å²) in [5.74, 6) is 2.50. The van der Waals surface area contributed by atoms with Crippen LogP contribution in [-0.4, -0.2) is 16.9 Å². The fourth-order valence-electron chi connectivity index (χ4n) is 4.02. The number of nitrogens with two attached hydrogens (primary N) is 1. The summed E-state index contributed by atoms with van der Waals surface area (Å²) in [4.78, 5) is 16.3. The van der Waals surface area contributed by atoms with Crippen LogP contribution in [0.15, 0.2) is 18.3 Å². The molecule has 0 aromatic carbocycles. The lowest BCUT2D eigenvalue weighted by molar-refractivity contribution is -0.121. The summed E-state index contributed by atoms with van der Waals surface area (Å²) >= 11 is 0. The predicted molar refractivity (Wildman–Crippen MR) is 78.9 cm³/mol. The lowest BCUT2D eigenvalue weighted by atomic mass is 9.84. The van der Waals surface area contributed by atoms with Crippen LogP contribution in [0.3, 0.4) is 0 Å². The fraction of sp³-hybridized carbons (Fsp3) is 0.625. The Hall–Kier alpha value is -1.58. The van der Waals surface area contributed by atoms with Crippen LogP contribution in [0, 0.1) is 17.8 Å². The molecule has 2 aliphatic carbocycles. The van der Waals surface area contributed by atoms with E-state index < -0.39 is 0 Å². The van der Waals surface area contributed by atoms with Crippen molar-refractivity contribution in [1.82, 2.24) is 10.3 Å². The van der Waals surface area contributed by atoms with Gasteiger partial charge in [0.05, 0.1) is 18.3 Å². The second kappa shape index (κ2) is 5.43. The molecule has 2 bridgehead atoms. The molecule has 4 heteroatoms. The van der Waals surface area contributed by atoms with E-state index in [0.717, 1.165) is 17.5 Å². The van der Waals surface area contributed by atoms with Crippen LogP contribution in [0.4, 0.5) is 5.69 Å².